The molecule has 1 fully saturated rings. The average Bonchev–Trinajstić information content (AvgIpc) is 3.48. The summed E-state index contributed by atoms with van der Waals surface area (Å²) in [7, 11) is 1.57. The van der Waals surface area contributed by atoms with Crippen molar-refractivity contribution in [3.05, 3.63) is 71.4 Å². The molecule has 1 unspecified atom stereocenters. The number of hydrogen-bond acceptors (Lipinski definition) is 5. The lowest BCUT2D eigenvalue weighted by molar-refractivity contribution is -0.120. The van der Waals surface area contributed by atoms with Crippen molar-refractivity contribution in [1.82, 2.24) is 25.1 Å². The number of halogens is 2. The van der Waals surface area contributed by atoms with E-state index in [2.05, 4.69) is 20.4 Å². The molecule has 1 saturated carbocycles. The Balaban J connectivity index is 1.36. The molecule has 0 bridgehead atoms. The van der Waals surface area contributed by atoms with Crippen molar-refractivity contribution in [3.63, 3.8) is 0 Å². The Hall–Kier alpha value is -3.69. The van der Waals surface area contributed by atoms with Gasteiger partial charge in [0.05, 0.1) is 18.4 Å². The monoisotopic (exact) mass is 424 g/mol. The minimum Gasteiger partial charge on any atom is -0.338 e. The van der Waals surface area contributed by atoms with Crippen LogP contribution in [0.15, 0.2) is 42.9 Å². The lowest BCUT2D eigenvalue weighted by atomic mass is 10.1. The fourth-order valence-electron chi connectivity index (χ4n) is 4.07. The predicted molar refractivity (Wildman–Crippen MR) is 105 cm³/mol. The number of amides is 2. The minimum absolute atomic E-state index is 0.00589. The Bertz CT molecular complexity index is 1200. The number of carbonyl (C=O) groups excluding carboxylic acids is 2. The van der Waals surface area contributed by atoms with E-state index >= 15 is 0 Å². The van der Waals surface area contributed by atoms with Gasteiger partial charge in [-0.3, -0.25) is 24.2 Å². The summed E-state index contributed by atoms with van der Waals surface area (Å²) in [6.45, 7) is -0.0285. The maximum atomic E-state index is 14.4. The molecule has 10 heteroatoms. The molecule has 1 aliphatic carbocycles. The molecule has 3 atom stereocenters. The molecule has 2 amide bonds. The number of nitrogens with one attached hydrogen (secondary N) is 1. The lowest BCUT2D eigenvalue weighted by Crippen LogP contribution is -2.48. The Morgan fingerprint density at radius 3 is 2.77 bits per heavy atom. The zero-order valence-corrected chi connectivity index (χ0v) is 16.5. The summed E-state index contributed by atoms with van der Waals surface area (Å²) < 4.78 is 29.5. The molecule has 5 rings (SSSR count). The summed E-state index contributed by atoms with van der Waals surface area (Å²) in [6, 6.07) is 5.23. The highest BCUT2D eigenvalue weighted by molar-refractivity contribution is 6.02. The van der Waals surface area contributed by atoms with Crippen molar-refractivity contribution in [2.75, 3.05) is 11.9 Å². The smallest absolute Gasteiger partial charge is 0.275 e. The van der Waals surface area contributed by atoms with Crippen LogP contribution in [0.5, 0.6) is 0 Å². The van der Waals surface area contributed by atoms with E-state index in [1.165, 1.54) is 17.2 Å². The molecule has 1 N–H and O–H groups in total. The Kier molecular flexibility index (Phi) is 4.49. The van der Waals surface area contributed by atoms with Gasteiger partial charge in [0.2, 0.25) is 0 Å². The van der Waals surface area contributed by atoms with Crippen molar-refractivity contribution in [1.29, 1.82) is 0 Å². The Labute approximate surface area is 175 Å². The molecular weight excluding hydrogens is 406 g/mol. The van der Waals surface area contributed by atoms with Crippen molar-refractivity contribution in [3.8, 4) is 0 Å². The molecule has 2 aromatic heterocycles. The van der Waals surface area contributed by atoms with Gasteiger partial charge in [-0.05, 0) is 18.4 Å². The largest absolute Gasteiger partial charge is 0.338 e. The van der Waals surface area contributed by atoms with Gasteiger partial charge in [-0.25, -0.2) is 13.8 Å². The number of aromatic nitrogens is 4. The highest BCUT2D eigenvalue weighted by Gasteiger charge is 2.53. The molecule has 3 heterocycles. The molecular formula is C21H18F2N6O2. The van der Waals surface area contributed by atoms with Crippen molar-refractivity contribution in [2.45, 2.75) is 24.9 Å². The van der Waals surface area contributed by atoms with Crippen LogP contribution in [0, 0.1) is 17.6 Å². The molecule has 8 nitrogen and oxygen atoms in total. The van der Waals surface area contributed by atoms with Gasteiger partial charge >= 0.3 is 0 Å². The molecule has 158 valence electrons. The number of rotatable bonds is 4. The third-order valence-corrected chi connectivity index (χ3v) is 5.75. The van der Waals surface area contributed by atoms with Gasteiger partial charge in [0.1, 0.15) is 11.9 Å². The van der Waals surface area contributed by atoms with Crippen LogP contribution in [0.4, 0.5) is 14.6 Å². The van der Waals surface area contributed by atoms with E-state index < -0.39 is 29.3 Å². The zero-order chi connectivity index (χ0) is 21.7. The summed E-state index contributed by atoms with van der Waals surface area (Å²) in [5.41, 5.74) is 0.596. The first kappa shape index (κ1) is 19.3. The molecule has 2 aliphatic rings. The number of carbonyl (C=O) groups is 2. The topological polar surface area (TPSA) is 93.0 Å². The first-order valence-electron chi connectivity index (χ1n) is 9.79. The summed E-state index contributed by atoms with van der Waals surface area (Å²) in [6.07, 6.45) is 4.80. The van der Waals surface area contributed by atoms with E-state index in [0.29, 0.717) is 17.8 Å². The molecule has 0 spiro atoms. The van der Waals surface area contributed by atoms with Crippen LogP contribution in [-0.2, 0) is 11.3 Å². The van der Waals surface area contributed by atoms with Gasteiger partial charge in [-0.2, -0.15) is 5.10 Å². The van der Waals surface area contributed by atoms with E-state index in [1.807, 2.05) is 0 Å². The normalized spacial score (nSPS) is 21.8. The third-order valence-electron chi connectivity index (χ3n) is 5.75. The molecule has 3 aromatic rings. The van der Waals surface area contributed by atoms with Crippen molar-refractivity contribution < 1.29 is 18.4 Å². The number of fused-ring (bicyclic) bond motifs is 3. The highest BCUT2D eigenvalue weighted by atomic mass is 19.1. The van der Waals surface area contributed by atoms with E-state index in [9.17, 15) is 18.4 Å². The summed E-state index contributed by atoms with van der Waals surface area (Å²) >= 11 is 0. The van der Waals surface area contributed by atoms with Gasteiger partial charge in [-0.1, -0.05) is 18.2 Å². The standard InChI is InChI=1S/C21H18F2N6O2/c1-28-19-16(24-6-7-25-19)12-8-13(12)17(21(28)31)26-20(30)18-15(23)10-29(27-18)9-11-4-2-3-5-14(11)22/h2-7,10,12-13,17H,8-9H2,1H3,(H,26,30)/t12?,13-,17-/m1/s1. The van der Waals surface area contributed by atoms with Gasteiger partial charge < -0.3 is 5.32 Å². The SMILES string of the molecule is CN1C(=O)[C@H](NC(=O)c2nn(Cc3ccccc3F)cc2F)[C@@H]2CC2c2nccnc21. The number of nitrogens with zero attached hydrogens (tertiary/aromatic N) is 5. The Morgan fingerprint density at radius 1 is 1.19 bits per heavy atom. The number of likely N-dealkylation sites (N-methyl/N-ethyl adjacent to an activating group) is 1. The van der Waals surface area contributed by atoms with E-state index in [4.69, 9.17) is 0 Å². The van der Waals surface area contributed by atoms with Crippen molar-refractivity contribution in [2.24, 2.45) is 5.92 Å². The number of benzene rings is 1. The molecule has 0 saturated heterocycles. The van der Waals surface area contributed by atoms with Crippen LogP contribution >= 0.6 is 0 Å². The van der Waals surface area contributed by atoms with Crippen LogP contribution in [0.1, 0.15) is 34.1 Å². The van der Waals surface area contributed by atoms with Gasteiger partial charge in [0.15, 0.2) is 17.3 Å². The summed E-state index contributed by atoms with van der Waals surface area (Å²) in [5, 5.41) is 6.61. The molecule has 1 aromatic carbocycles. The van der Waals surface area contributed by atoms with Crippen LogP contribution in [0.25, 0.3) is 0 Å². The van der Waals surface area contributed by atoms with Crippen LogP contribution in [-0.4, -0.2) is 44.7 Å². The fraction of sp³-hybridized carbons (Fsp3) is 0.286. The molecule has 0 radical (unpaired) electrons. The third kappa shape index (κ3) is 3.33. The maximum Gasteiger partial charge on any atom is 0.275 e. The average molecular weight is 424 g/mol. The predicted octanol–water partition coefficient (Wildman–Crippen LogP) is 1.88. The highest BCUT2D eigenvalue weighted by Crippen LogP contribution is 2.53. The number of anilines is 1. The van der Waals surface area contributed by atoms with E-state index in [-0.39, 0.29) is 24.3 Å². The van der Waals surface area contributed by atoms with Crippen LogP contribution < -0.4 is 10.2 Å². The fourth-order valence-corrected chi connectivity index (χ4v) is 4.07. The second kappa shape index (κ2) is 7.22. The molecule has 31 heavy (non-hydrogen) atoms. The maximum absolute atomic E-state index is 14.4. The quantitative estimate of drug-likeness (QED) is 0.690. The first-order chi connectivity index (χ1) is 14.9. The second-order valence-electron chi connectivity index (χ2n) is 7.73. The summed E-state index contributed by atoms with van der Waals surface area (Å²) in [5.74, 6) is -2.09. The van der Waals surface area contributed by atoms with Crippen LogP contribution in [0.2, 0.25) is 0 Å². The van der Waals surface area contributed by atoms with Crippen molar-refractivity contribution >= 4 is 17.6 Å². The van der Waals surface area contributed by atoms with Gasteiger partial charge in [0.25, 0.3) is 11.8 Å². The van der Waals surface area contributed by atoms with Gasteiger partial charge in [-0.15, -0.1) is 0 Å². The summed E-state index contributed by atoms with van der Waals surface area (Å²) in [4.78, 5) is 35.7. The second-order valence-corrected chi connectivity index (χ2v) is 7.73. The zero-order valence-electron chi connectivity index (χ0n) is 16.5. The van der Waals surface area contributed by atoms with E-state index in [1.54, 1.807) is 31.4 Å². The van der Waals surface area contributed by atoms with Gasteiger partial charge in [0, 0.05) is 30.9 Å². The molecule has 1 aliphatic heterocycles. The Morgan fingerprint density at radius 2 is 1.97 bits per heavy atom. The van der Waals surface area contributed by atoms with Crippen LogP contribution in [0.3, 0.4) is 0 Å². The first-order valence-corrected chi connectivity index (χ1v) is 9.79. The van der Waals surface area contributed by atoms with E-state index in [0.717, 1.165) is 16.6 Å². The minimum atomic E-state index is -0.845. The number of hydrogen-bond donors (Lipinski definition) is 1. The lowest BCUT2D eigenvalue weighted by Gasteiger charge is -2.22.